The summed E-state index contributed by atoms with van der Waals surface area (Å²) in [5.74, 6) is 0. The SMILES string of the molecule is C[Si]C.Cc1cc(C)c(-c2cccc3[cH-]c(C)cc23)c(C)c1.Cc1cc(C)c(-c2cccc3[cH-]c(C)cc23)c(C)c1.[Cl][Zr+2][Cl]. The summed E-state index contributed by atoms with van der Waals surface area (Å²) >= 11 is -0.826. The molecule has 0 spiro atoms. The average molecular weight is 715 g/mol. The molecule has 6 aromatic rings. The van der Waals surface area contributed by atoms with E-state index in [4.69, 9.17) is 17.0 Å². The Labute approximate surface area is 287 Å². The Balaban J connectivity index is 0.000000204. The van der Waals surface area contributed by atoms with Crippen molar-refractivity contribution in [3.63, 3.8) is 0 Å². The number of aryl methyl sites for hydroxylation is 8. The molecular formula is C40H44Cl2SiZr. The van der Waals surface area contributed by atoms with Crippen LogP contribution in [0.1, 0.15) is 44.5 Å². The van der Waals surface area contributed by atoms with Gasteiger partial charge >= 0.3 is 37.9 Å². The van der Waals surface area contributed by atoms with Crippen molar-refractivity contribution < 1.29 is 20.8 Å². The molecule has 0 aliphatic carbocycles. The third kappa shape index (κ3) is 8.95. The minimum absolute atomic E-state index is 0.826. The number of hydrogen-bond donors (Lipinski definition) is 0. The summed E-state index contributed by atoms with van der Waals surface area (Å²) in [6.07, 6.45) is 0. The van der Waals surface area contributed by atoms with E-state index in [0.29, 0.717) is 0 Å². The van der Waals surface area contributed by atoms with Crippen LogP contribution in [0.15, 0.2) is 84.9 Å². The second-order valence-electron chi connectivity index (χ2n) is 11.8. The number of fused-ring (bicyclic) bond motifs is 2. The molecule has 0 nitrogen and oxygen atoms in total. The van der Waals surface area contributed by atoms with Gasteiger partial charge in [-0.1, -0.05) is 85.6 Å². The summed E-state index contributed by atoms with van der Waals surface area (Å²) in [5, 5.41) is 5.42. The zero-order chi connectivity index (χ0) is 32.6. The number of rotatable bonds is 2. The standard InChI is InChI=1S/2C19H19.C2H6Si.2ClH.Zr/c2*1-12-8-14(3)19(15(4)9-12)17-7-5-6-16-10-13(2)11-18(16)17;1-3-2;;;/h2*5-11H,1-4H3;1-2H3;2*1H;/q2*-1;;;;+4/p-2. The Bertz CT molecular complexity index is 1660. The Hall–Kier alpha value is -2.22. The predicted octanol–water partition coefficient (Wildman–Crippen LogP) is 13.1. The maximum absolute atomic E-state index is 4.93. The van der Waals surface area contributed by atoms with Crippen LogP contribution in [0.5, 0.6) is 0 Å². The van der Waals surface area contributed by atoms with Crippen molar-refractivity contribution in [2.75, 3.05) is 0 Å². The first-order chi connectivity index (χ1) is 20.9. The molecule has 44 heavy (non-hydrogen) atoms. The molecule has 226 valence electrons. The van der Waals surface area contributed by atoms with Crippen LogP contribution in [0.25, 0.3) is 43.8 Å². The third-order valence-corrected chi connectivity index (χ3v) is 7.68. The summed E-state index contributed by atoms with van der Waals surface area (Å²) in [7, 11) is 11.0. The van der Waals surface area contributed by atoms with Gasteiger partial charge in [0.2, 0.25) is 0 Å². The van der Waals surface area contributed by atoms with Crippen molar-refractivity contribution in [3.8, 4) is 22.3 Å². The van der Waals surface area contributed by atoms with Gasteiger partial charge in [-0.15, -0.1) is 69.1 Å². The Morgan fingerprint density at radius 3 is 1.11 bits per heavy atom. The van der Waals surface area contributed by atoms with E-state index >= 15 is 0 Å². The van der Waals surface area contributed by atoms with Gasteiger partial charge < -0.3 is 0 Å². The molecule has 6 rings (SSSR count). The summed E-state index contributed by atoms with van der Waals surface area (Å²) in [6.45, 7) is 21.8. The van der Waals surface area contributed by atoms with E-state index in [0.717, 1.165) is 9.52 Å². The Morgan fingerprint density at radius 1 is 0.523 bits per heavy atom. The topological polar surface area (TPSA) is 0 Å². The van der Waals surface area contributed by atoms with Gasteiger partial charge in [-0.25, -0.2) is 0 Å². The van der Waals surface area contributed by atoms with Crippen molar-refractivity contribution in [1.82, 2.24) is 0 Å². The summed E-state index contributed by atoms with van der Waals surface area (Å²) < 4.78 is 0. The van der Waals surface area contributed by atoms with E-state index in [2.05, 4.69) is 153 Å². The summed E-state index contributed by atoms with van der Waals surface area (Å²) in [4.78, 5) is 0. The molecule has 0 saturated heterocycles. The first kappa shape index (κ1) is 36.3. The van der Waals surface area contributed by atoms with Gasteiger partial charge in [0.15, 0.2) is 0 Å². The van der Waals surface area contributed by atoms with E-state index in [1.54, 1.807) is 0 Å². The Kier molecular flexibility index (Phi) is 13.9. The van der Waals surface area contributed by atoms with E-state index < -0.39 is 20.8 Å². The average Bonchev–Trinajstić information content (AvgIpc) is 3.50. The molecule has 0 aromatic heterocycles. The van der Waals surface area contributed by atoms with E-state index in [9.17, 15) is 0 Å². The van der Waals surface area contributed by atoms with Gasteiger partial charge in [-0.3, -0.25) is 0 Å². The van der Waals surface area contributed by atoms with E-state index in [1.807, 2.05) is 0 Å². The fraction of sp³-hybridized carbons (Fsp3) is 0.250. The molecule has 2 radical (unpaired) electrons. The number of benzene rings is 4. The molecule has 0 heterocycles. The predicted molar refractivity (Wildman–Crippen MR) is 197 cm³/mol. The molecule has 0 atom stereocenters. The van der Waals surface area contributed by atoms with Crippen molar-refractivity contribution >= 4 is 48.1 Å². The van der Waals surface area contributed by atoms with Gasteiger partial charge in [0.1, 0.15) is 0 Å². The van der Waals surface area contributed by atoms with Crippen LogP contribution in [0, 0.1) is 55.4 Å². The van der Waals surface area contributed by atoms with Crippen molar-refractivity contribution in [3.05, 3.63) is 129 Å². The normalized spacial score (nSPS) is 10.3. The van der Waals surface area contributed by atoms with Crippen LogP contribution in [-0.4, -0.2) is 9.52 Å². The van der Waals surface area contributed by atoms with Crippen molar-refractivity contribution in [1.29, 1.82) is 0 Å². The zero-order valence-electron chi connectivity index (χ0n) is 27.8. The van der Waals surface area contributed by atoms with Crippen molar-refractivity contribution in [2.24, 2.45) is 0 Å². The molecule has 6 aromatic carbocycles. The maximum atomic E-state index is 4.93. The molecule has 0 saturated carbocycles. The quantitative estimate of drug-likeness (QED) is 0.124. The molecule has 0 aliphatic rings. The molecule has 0 amide bonds. The van der Waals surface area contributed by atoms with Crippen LogP contribution >= 0.6 is 17.0 Å². The molecular weight excluding hydrogens is 671 g/mol. The molecule has 0 N–H and O–H groups in total. The van der Waals surface area contributed by atoms with Gasteiger partial charge in [0.25, 0.3) is 0 Å². The van der Waals surface area contributed by atoms with Crippen molar-refractivity contribution in [2.45, 2.75) is 68.5 Å². The monoisotopic (exact) mass is 712 g/mol. The molecule has 0 unspecified atom stereocenters. The zero-order valence-corrected chi connectivity index (χ0v) is 32.8. The van der Waals surface area contributed by atoms with Crippen LogP contribution in [0.4, 0.5) is 0 Å². The number of hydrogen-bond acceptors (Lipinski definition) is 0. The first-order valence-electron chi connectivity index (χ1n) is 15.0. The second kappa shape index (κ2) is 16.9. The van der Waals surface area contributed by atoms with Crippen LogP contribution < -0.4 is 0 Å². The minimum atomic E-state index is -0.826. The fourth-order valence-electron chi connectivity index (χ4n) is 6.41. The van der Waals surface area contributed by atoms with Crippen LogP contribution in [0.3, 0.4) is 0 Å². The second-order valence-corrected chi connectivity index (χ2v) is 16.5. The summed E-state index contributed by atoms with van der Waals surface area (Å²) in [5.41, 5.74) is 16.3. The molecule has 4 heteroatoms. The van der Waals surface area contributed by atoms with E-state index in [1.165, 1.54) is 88.3 Å². The molecule has 0 aliphatic heterocycles. The molecule has 0 fully saturated rings. The van der Waals surface area contributed by atoms with Gasteiger partial charge in [-0.2, -0.15) is 12.1 Å². The molecule has 0 bridgehead atoms. The van der Waals surface area contributed by atoms with Gasteiger partial charge in [0, 0.05) is 9.52 Å². The fourth-order valence-corrected chi connectivity index (χ4v) is 6.41. The van der Waals surface area contributed by atoms with Gasteiger partial charge in [-0.05, 0) is 74.9 Å². The van der Waals surface area contributed by atoms with Gasteiger partial charge in [0.05, 0.1) is 0 Å². The Morgan fingerprint density at radius 2 is 0.818 bits per heavy atom. The van der Waals surface area contributed by atoms with E-state index in [-0.39, 0.29) is 0 Å². The summed E-state index contributed by atoms with van der Waals surface area (Å²) in [6, 6.07) is 31.4. The third-order valence-electron chi connectivity index (χ3n) is 7.68. The first-order valence-corrected chi connectivity index (χ1v) is 23.3. The van der Waals surface area contributed by atoms with Crippen LogP contribution in [-0.2, 0) is 20.8 Å². The number of halogens is 2. The van der Waals surface area contributed by atoms with Crippen LogP contribution in [0.2, 0.25) is 13.1 Å².